The molecule has 8 heteroatoms. The molecule has 0 saturated carbocycles. The van der Waals surface area contributed by atoms with Crippen LogP contribution in [0.5, 0.6) is 5.75 Å². The molecule has 0 unspecified atom stereocenters. The molecule has 0 bridgehead atoms. The van der Waals surface area contributed by atoms with Crippen molar-refractivity contribution in [1.29, 1.82) is 0 Å². The number of carbonyl (C=O) groups is 1. The van der Waals surface area contributed by atoms with Crippen LogP contribution in [0, 0.1) is 0 Å². The molecule has 1 aromatic carbocycles. The highest BCUT2D eigenvalue weighted by atomic mass is 32.1. The van der Waals surface area contributed by atoms with Gasteiger partial charge in [0.15, 0.2) is 0 Å². The zero-order valence-corrected chi connectivity index (χ0v) is 17.9. The van der Waals surface area contributed by atoms with Crippen LogP contribution in [-0.4, -0.2) is 59.1 Å². The summed E-state index contributed by atoms with van der Waals surface area (Å²) in [7, 11) is 1.66. The molecule has 7 nitrogen and oxygen atoms in total. The van der Waals surface area contributed by atoms with Crippen LogP contribution in [0.25, 0.3) is 10.7 Å². The molecular formula is C22H26N4O3S. The maximum Gasteiger partial charge on any atom is 0.241 e. The number of thiophene rings is 1. The lowest BCUT2D eigenvalue weighted by Gasteiger charge is -2.21. The Balaban J connectivity index is 1.25. The molecule has 30 heavy (non-hydrogen) atoms. The van der Waals surface area contributed by atoms with Gasteiger partial charge in [-0.1, -0.05) is 23.4 Å². The number of ether oxygens (including phenoxy) is 1. The number of hydrogen-bond donors (Lipinski definition) is 0. The smallest absolute Gasteiger partial charge is 0.241 e. The lowest BCUT2D eigenvalue weighted by molar-refractivity contribution is -0.131. The number of hydrogen-bond acceptors (Lipinski definition) is 7. The molecule has 0 atom stereocenters. The van der Waals surface area contributed by atoms with Gasteiger partial charge in [-0.05, 0) is 42.0 Å². The van der Waals surface area contributed by atoms with Crippen molar-refractivity contribution < 1.29 is 14.1 Å². The van der Waals surface area contributed by atoms with Crippen molar-refractivity contribution >= 4 is 17.2 Å². The molecule has 3 heterocycles. The van der Waals surface area contributed by atoms with E-state index in [0.717, 1.165) is 55.2 Å². The van der Waals surface area contributed by atoms with E-state index in [0.29, 0.717) is 24.7 Å². The number of benzene rings is 1. The highest BCUT2D eigenvalue weighted by Gasteiger charge is 2.21. The second kappa shape index (κ2) is 9.86. The molecule has 1 saturated heterocycles. The van der Waals surface area contributed by atoms with Gasteiger partial charge in [-0.25, -0.2) is 0 Å². The van der Waals surface area contributed by atoms with E-state index in [1.165, 1.54) is 0 Å². The van der Waals surface area contributed by atoms with Crippen LogP contribution in [0.1, 0.15) is 24.3 Å². The number of methoxy groups -OCH3 is 1. The molecule has 0 spiro atoms. The quantitative estimate of drug-likeness (QED) is 0.576. The first-order valence-electron chi connectivity index (χ1n) is 10.2. The van der Waals surface area contributed by atoms with Crippen molar-refractivity contribution in [3.63, 3.8) is 0 Å². The summed E-state index contributed by atoms with van der Waals surface area (Å²) in [6.45, 7) is 3.87. The van der Waals surface area contributed by atoms with Gasteiger partial charge in [-0.15, -0.1) is 11.3 Å². The second-order valence-electron chi connectivity index (χ2n) is 7.35. The highest BCUT2D eigenvalue weighted by molar-refractivity contribution is 7.13. The van der Waals surface area contributed by atoms with Crippen LogP contribution in [0.15, 0.2) is 46.3 Å². The lowest BCUT2D eigenvalue weighted by Crippen LogP contribution is -2.35. The van der Waals surface area contributed by atoms with Crippen molar-refractivity contribution in [2.45, 2.75) is 25.8 Å². The average Bonchev–Trinajstić information content (AvgIpc) is 3.41. The van der Waals surface area contributed by atoms with Gasteiger partial charge < -0.3 is 14.2 Å². The summed E-state index contributed by atoms with van der Waals surface area (Å²) < 4.78 is 10.6. The maximum atomic E-state index is 12.7. The summed E-state index contributed by atoms with van der Waals surface area (Å²) in [5.41, 5.74) is 1.15. The summed E-state index contributed by atoms with van der Waals surface area (Å²) >= 11 is 1.60. The minimum absolute atomic E-state index is 0.213. The third-order valence-corrected chi connectivity index (χ3v) is 6.16. The Morgan fingerprint density at radius 3 is 2.80 bits per heavy atom. The average molecular weight is 427 g/mol. The molecule has 1 aliphatic rings. The van der Waals surface area contributed by atoms with Gasteiger partial charge in [0, 0.05) is 32.6 Å². The van der Waals surface area contributed by atoms with Crippen molar-refractivity contribution in [1.82, 2.24) is 19.9 Å². The topological polar surface area (TPSA) is 71.7 Å². The lowest BCUT2D eigenvalue weighted by atomic mass is 10.1. The third kappa shape index (κ3) is 5.25. The molecule has 0 aliphatic carbocycles. The van der Waals surface area contributed by atoms with Crippen molar-refractivity contribution in [3.8, 4) is 16.5 Å². The molecule has 0 N–H and O–H groups in total. The molecular weight excluding hydrogens is 400 g/mol. The Hall–Kier alpha value is -2.71. The number of aromatic nitrogens is 2. The number of rotatable bonds is 7. The molecule has 1 aliphatic heterocycles. The molecule has 4 rings (SSSR count). The first-order chi connectivity index (χ1) is 14.7. The van der Waals surface area contributed by atoms with Crippen molar-refractivity contribution in [2.24, 2.45) is 0 Å². The van der Waals surface area contributed by atoms with Crippen molar-refractivity contribution in [2.75, 3.05) is 33.3 Å². The van der Waals surface area contributed by atoms with E-state index in [9.17, 15) is 4.79 Å². The Morgan fingerprint density at radius 1 is 1.17 bits per heavy atom. The summed E-state index contributed by atoms with van der Waals surface area (Å²) in [4.78, 5) is 22.5. The third-order valence-electron chi connectivity index (χ3n) is 5.30. The van der Waals surface area contributed by atoms with E-state index >= 15 is 0 Å². The Labute approximate surface area is 180 Å². The summed E-state index contributed by atoms with van der Waals surface area (Å²) in [6, 6.07) is 11.9. The van der Waals surface area contributed by atoms with E-state index in [4.69, 9.17) is 9.26 Å². The fourth-order valence-corrected chi connectivity index (χ4v) is 4.25. The Kier molecular flexibility index (Phi) is 6.76. The van der Waals surface area contributed by atoms with Crippen molar-refractivity contribution in [3.05, 3.63) is 53.2 Å². The number of carbonyl (C=O) groups excluding carboxylic acids is 1. The van der Waals surface area contributed by atoms with Crippen LogP contribution in [-0.2, 0) is 17.8 Å². The van der Waals surface area contributed by atoms with Gasteiger partial charge >= 0.3 is 0 Å². The van der Waals surface area contributed by atoms with Crippen LogP contribution in [0.4, 0.5) is 0 Å². The fourth-order valence-electron chi connectivity index (χ4n) is 3.60. The van der Waals surface area contributed by atoms with E-state index in [1.807, 2.05) is 46.7 Å². The normalized spacial score (nSPS) is 15.2. The molecule has 2 aromatic heterocycles. The van der Waals surface area contributed by atoms with Gasteiger partial charge in [-0.3, -0.25) is 9.69 Å². The molecule has 1 amide bonds. The minimum Gasteiger partial charge on any atom is -0.497 e. The predicted octanol–water partition coefficient (Wildman–Crippen LogP) is 3.47. The SMILES string of the molecule is COc1ccc(CCC(=O)N2CCCN(Cc3nc(-c4cccs4)no3)CC2)cc1. The van der Waals surface area contributed by atoms with Crippen LogP contribution in [0.3, 0.4) is 0 Å². The van der Waals surface area contributed by atoms with Crippen LogP contribution >= 0.6 is 11.3 Å². The molecule has 158 valence electrons. The van der Waals surface area contributed by atoms with Gasteiger partial charge in [0.05, 0.1) is 18.5 Å². The number of aryl methyl sites for hydroxylation is 1. The maximum absolute atomic E-state index is 12.7. The second-order valence-corrected chi connectivity index (χ2v) is 8.30. The minimum atomic E-state index is 0.213. The van der Waals surface area contributed by atoms with Gasteiger partial charge in [0.2, 0.25) is 17.6 Å². The Bertz CT molecular complexity index is 940. The fraction of sp³-hybridized carbons (Fsp3) is 0.409. The molecule has 1 fully saturated rings. The van der Waals surface area contributed by atoms with Gasteiger partial charge in [-0.2, -0.15) is 4.98 Å². The first-order valence-corrected chi connectivity index (χ1v) is 11.1. The largest absolute Gasteiger partial charge is 0.497 e. The highest BCUT2D eigenvalue weighted by Crippen LogP contribution is 2.22. The van der Waals surface area contributed by atoms with E-state index in [1.54, 1.807) is 18.4 Å². The summed E-state index contributed by atoms with van der Waals surface area (Å²) in [5.74, 6) is 2.31. The number of nitrogens with zero attached hydrogens (tertiary/aromatic N) is 4. The standard InChI is InChI=1S/C22H26N4O3S/c1-28-18-8-5-17(6-9-18)7-10-21(27)26-12-3-11-25(13-14-26)16-20-23-22(24-29-20)19-4-2-15-30-19/h2,4-6,8-9,15H,3,7,10-14,16H2,1H3. The zero-order valence-electron chi connectivity index (χ0n) is 17.1. The van der Waals surface area contributed by atoms with E-state index in [2.05, 4.69) is 15.0 Å². The van der Waals surface area contributed by atoms with Crippen LogP contribution in [0.2, 0.25) is 0 Å². The molecule has 3 aromatic rings. The monoisotopic (exact) mass is 426 g/mol. The summed E-state index contributed by atoms with van der Waals surface area (Å²) in [5, 5.41) is 6.08. The molecule has 0 radical (unpaired) electrons. The predicted molar refractivity (Wildman–Crippen MR) is 115 cm³/mol. The van der Waals surface area contributed by atoms with E-state index < -0.39 is 0 Å². The zero-order chi connectivity index (χ0) is 20.8. The van der Waals surface area contributed by atoms with Crippen LogP contribution < -0.4 is 4.74 Å². The summed E-state index contributed by atoms with van der Waals surface area (Å²) in [6.07, 6.45) is 2.22. The van der Waals surface area contributed by atoms with Gasteiger partial charge in [0.25, 0.3) is 0 Å². The van der Waals surface area contributed by atoms with Gasteiger partial charge in [0.1, 0.15) is 5.75 Å². The number of amides is 1. The Morgan fingerprint density at radius 2 is 2.03 bits per heavy atom. The first kappa shape index (κ1) is 20.6. The van der Waals surface area contributed by atoms with E-state index in [-0.39, 0.29) is 5.91 Å².